The summed E-state index contributed by atoms with van der Waals surface area (Å²) in [5.74, 6) is 0.928. The average Bonchev–Trinajstić information content (AvgIpc) is 2.52. The highest BCUT2D eigenvalue weighted by Crippen LogP contribution is 2.18. The molecule has 0 bridgehead atoms. The molecule has 0 aliphatic rings. The minimum atomic E-state index is 0.261. The number of hydrogen-bond acceptors (Lipinski definition) is 4. The largest absolute Gasteiger partial charge is 0.494 e. The van der Waals surface area contributed by atoms with Gasteiger partial charge in [-0.1, -0.05) is 19.1 Å². The third kappa shape index (κ3) is 4.31. The van der Waals surface area contributed by atoms with Gasteiger partial charge in [0.15, 0.2) is 0 Å². The minimum absolute atomic E-state index is 0.261. The van der Waals surface area contributed by atoms with Crippen LogP contribution in [0.1, 0.15) is 37.6 Å². The van der Waals surface area contributed by atoms with E-state index in [9.17, 15) is 0 Å². The molecule has 1 aromatic carbocycles. The number of rotatable bonds is 7. The lowest BCUT2D eigenvalue weighted by Crippen LogP contribution is -2.18. The van der Waals surface area contributed by atoms with Crippen molar-refractivity contribution >= 4 is 0 Å². The standard InChI is InChI=1S/C16H21N3O/c1-3-11-20-16-8-6-14(7-9-16)13(2)17-12-15-5-4-10-18-19-15/h4-10,13,17H,3,11-12H2,1-2H3. The van der Waals surface area contributed by atoms with Crippen LogP contribution in [0.15, 0.2) is 42.6 Å². The van der Waals surface area contributed by atoms with E-state index < -0.39 is 0 Å². The fraction of sp³-hybridized carbons (Fsp3) is 0.375. The molecule has 0 aliphatic carbocycles. The Balaban J connectivity index is 1.87. The summed E-state index contributed by atoms with van der Waals surface area (Å²) in [4.78, 5) is 0. The van der Waals surface area contributed by atoms with Crippen LogP contribution in [0.5, 0.6) is 5.75 Å². The maximum Gasteiger partial charge on any atom is 0.119 e. The molecule has 2 rings (SSSR count). The number of ether oxygens (including phenoxy) is 1. The Morgan fingerprint density at radius 1 is 1.20 bits per heavy atom. The number of nitrogens with one attached hydrogen (secondary N) is 1. The number of benzene rings is 1. The predicted octanol–water partition coefficient (Wildman–Crippen LogP) is 3.12. The summed E-state index contributed by atoms with van der Waals surface area (Å²) in [6.07, 6.45) is 2.71. The molecule has 0 saturated carbocycles. The molecule has 1 unspecified atom stereocenters. The highest BCUT2D eigenvalue weighted by atomic mass is 16.5. The molecule has 0 saturated heterocycles. The van der Waals surface area contributed by atoms with Crippen LogP contribution in [0.4, 0.5) is 0 Å². The Morgan fingerprint density at radius 2 is 2.00 bits per heavy atom. The summed E-state index contributed by atoms with van der Waals surface area (Å²) < 4.78 is 5.58. The summed E-state index contributed by atoms with van der Waals surface area (Å²) in [5.41, 5.74) is 2.18. The molecule has 1 heterocycles. The van der Waals surface area contributed by atoms with Gasteiger partial charge in [-0.05, 0) is 43.2 Å². The topological polar surface area (TPSA) is 47.0 Å². The van der Waals surface area contributed by atoms with Crippen molar-refractivity contribution in [2.24, 2.45) is 0 Å². The van der Waals surface area contributed by atoms with Crippen molar-refractivity contribution in [2.45, 2.75) is 32.9 Å². The van der Waals surface area contributed by atoms with Crippen molar-refractivity contribution in [3.63, 3.8) is 0 Å². The molecule has 1 atom stereocenters. The highest BCUT2D eigenvalue weighted by molar-refractivity contribution is 5.29. The molecule has 0 fully saturated rings. The van der Waals surface area contributed by atoms with E-state index in [1.807, 2.05) is 24.3 Å². The number of aromatic nitrogens is 2. The van der Waals surface area contributed by atoms with E-state index >= 15 is 0 Å². The molecule has 0 radical (unpaired) electrons. The summed E-state index contributed by atoms with van der Waals surface area (Å²) in [7, 11) is 0. The maximum absolute atomic E-state index is 5.58. The van der Waals surface area contributed by atoms with Gasteiger partial charge in [0.1, 0.15) is 5.75 Å². The molecular weight excluding hydrogens is 250 g/mol. The molecule has 20 heavy (non-hydrogen) atoms. The lowest BCUT2D eigenvalue weighted by Gasteiger charge is -2.14. The Labute approximate surface area is 120 Å². The average molecular weight is 271 g/mol. The molecule has 106 valence electrons. The molecule has 1 aromatic heterocycles. The second kappa shape index (κ2) is 7.60. The fourth-order valence-electron chi connectivity index (χ4n) is 1.88. The Hall–Kier alpha value is -1.94. The maximum atomic E-state index is 5.58. The highest BCUT2D eigenvalue weighted by Gasteiger charge is 2.05. The summed E-state index contributed by atoms with van der Waals surface area (Å²) in [5, 5.41) is 11.4. The third-order valence-corrected chi connectivity index (χ3v) is 3.07. The van der Waals surface area contributed by atoms with E-state index in [1.54, 1.807) is 6.20 Å². The van der Waals surface area contributed by atoms with Crippen LogP contribution in [0, 0.1) is 0 Å². The monoisotopic (exact) mass is 271 g/mol. The van der Waals surface area contributed by atoms with Gasteiger partial charge in [-0.25, -0.2) is 0 Å². The number of hydrogen-bond donors (Lipinski definition) is 1. The lowest BCUT2D eigenvalue weighted by molar-refractivity contribution is 0.317. The second-order valence-corrected chi connectivity index (χ2v) is 4.74. The predicted molar refractivity (Wildman–Crippen MR) is 79.5 cm³/mol. The van der Waals surface area contributed by atoms with Gasteiger partial charge >= 0.3 is 0 Å². The van der Waals surface area contributed by atoms with Crippen LogP contribution >= 0.6 is 0 Å². The first kappa shape index (κ1) is 14.5. The zero-order valence-electron chi connectivity index (χ0n) is 12.0. The minimum Gasteiger partial charge on any atom is -0.494 e. The Morgan fingerprint density at radius 3 is 2.65 bits per heavy atom. The molecule has 0 spiro atoms. The van der Waals surface area contributed by atoms with E-state index in [0.717, 1.165) is 24.5 Å². The van der Waals surface area contributed by atoms with E-state index in [2.05, 4.69) is 41.5 Å². The summed E-state index contributed by atoms with van der Waals surface area (Å²) >= 11 is 0. The van der Waals surface area contributed by atoms with E-state index in [-0.39, 0.29) is 6.04 Å². The van der Waals surface area contributed by atoms with Crippen LogP contribution in [0.2, 0.25) is 0 Å². The van der Waals surface area contributed by atoms with Crippen molar-refractivity contribution in [1.29, 1.82) is 0 Å². The van der Waals surface area contributed by atoms with Crippen molar-refractivity contribution in [3.8, 4) is 5.75 Å². The first-order valence-electron chi connectivity index (χ1n) is 7.02. The second-order valence-electron chi connectivity index (χ2n) is 4.74. The molecule has 4 nitrogen and oxygen atoms in total. The van der Waals surface area contributed by atoms with Gasteiger partial charge in [-0.2, -0.15) is 10.2 Å². The lowest BCUT2D eigenvalue weighted by atomic mass is 10.1. The fourth-order valence-corrected chi connectivity index (χ4v) is 1.88. The van der Waals surface area contributed by atoms with Gasteiger partial charge in [-0.3, -0.25) is 0 Å². The van der Waals surface area contributed by atoms with Gasteiger partial charge in [0.25, 0.3) is 0 Å². The summed E-state index contributed by atoms with van der Waals surface area (Å²) in [6, 6.07) is 12.4. The van der Waals surface area contributed by atoms with E-state index in [4.69, 9.17) is 4.74 Å². The molecule has 1 N–H and O–H groups in total. The molecule has 4 heteroatoms. The quantitative estimate of drug-likeness (QED) is 0.840. The van der Waals surface area contributed by atoms with Crippen LogP contribution in [-0.2, 0) is 6.54 Å². The van der Waals surface area contributed by atoms with Crippen LogP contribution < -0.4 is 10.1 Å². The Kier molecular flexibility index (Phi) is 5.50. The smallest absolute Gasteiger partial charge is 0.119 e. The van der Waals surface area contributed by atoms with Crippen molar-refractivity contribution < 1.29 is 4.74 Å². The van der Waals surface area contributed by atoms with Crippen LogP contribution in [0.3, 0.4) is 0 Å². The van der Waals surface area contributed by atoms with Crippen LogP contribution in [0.25, 0.3) is 0 Å². The van der Waals surface area contributed by atoms with Gasteiger partial charge in [0.05, 0.1) is 12.3 Å². The molecule has 2 aromatic rings. The van der Waals surface area contributed by atoms with Crippen molar-refractivity contribution in [3.05, 3.63) is 53.9 Å². The molecule has 0 aliphatic heterocycles. The van der Waals surface area contributed by atoms with E-state index in [0.29, 0.717) is 6.54 Å². The van der Waals surface area contributed by atoms with Gasteiger partial charge in [-0.15, -0.1) is 0 Å². The SMILES string of the molecule is CCCOc1ccc(C(C)NCc2cccnn2)cc1. The van der Waals surface area contributed by atoms with E-state index in [1.165, 1.54) is 5.56 Å². The first-order chi connectivity index (χ1) is 9.79. The van der Waals surface area contributed by atoms with Crippen molar-refractivity contribution in [1.82, 2.24) is 15.5 Å². The third-order valence-electron chi connectivity index (χ3n) is 3.07. The zero-order chi connectivity index (χ0) is 14.2. The number of nitrogens with zero attached hydrogens (tertiary/aromatic N) is 2. The van der Waals surface area contributed by atoms with Crippen molar-refractivity contribution in [2.75, 3.05) is 6.61 Å². The van der Waals surface area contributed by atoms with Gasteiger partial charge < -0.3 is 10.1 Å². The molecular formula is C16H21N3O. The van der Waals surface area contributed by atoms with Gasteiger partial charge in [0, 0.05) is 18.8 Å². The summed E-state index contributed by atoms with van der Waals surface area (Å²) in [6.45, 7) is 5.72. The zero-order valence-corrected chi connectivity index (χ0v) is 12.0. The Bertz CT molecular complexity index is 499. The van der Waals surface area contributed by atoms with Gasteiger partial charge in [0.2, 0.25) is 0 Å². The van der Waals surface area contributed by atoms with Crippen LogP contribution in [-0.4, -0.2) is 16.8 Å². The molecule has 0 amide bonds. The normalized spacial score (nSPS) is 12.1. The first-order valence-corrected chi connectivity index (χ1v) is 7.02.